The minimum atomic E-state index is -0.861. The first-order chi connectivity index (χ1) is 9.16. The van der Waals surface area contributed by atoms with E-state index in [-0.39, 0.29) is 0 Å². The second-order valence-corrected chi connectivity index (χ2v) is 5.32. The molecule has 1 aliphatic carbocycles. The Bertz CT molecular complexity index is 405. The van der Waals surface area contributed by atoms with Crippen LogP contribution in [0.25, 0.3) is 0 Å². The molecule has 0 aliphatic heterocycles. The van der Waals surface area contributed by atoms with Crippen molar-refractivity contribution < 1.29 is 13.5 Å². The van der Waals surface area contributed by atoms with E-state index in [9.17, 15) is 8.78 Å². The summed E-state index contributed by atoms with van der Waals surface area (Å²) in [5, 5.41) is 0. The Balaban J connectivity index is 1.76. The largest absolute Gasteiger partial charge is 0.379 e. The van der Waals surface area contributed by atoms with Gasteiger partial charge in [0.25, 0.3) is 0 Å². The van der Waals surface area contributed by atoms with E-state index in [1.807, 2.05) is 0 Å². The fraction of sp³-hybridized carbons (Fsp3) is 0.600. The highest BCUT2D eigenvalue weighted by atomic mass is 19.2. The van der Waals surface area contributed by atoms with E-state index in [4.69, 9.17) is 10.5 Å². The molecule has 2 nitrogen and oxygen atoms in total. The summed E-state index contributed by atoms with van der Waals surface area (Å²) in [6, 6.07) is 3.35. The topological polar surface area (TPSA) is 35.2 Å². The van der Waals surface area contributed by atoms with Gasteiger partial charge in [0.05, 0.1) is 12.6 Å². The van der Waals surface area contributed by atoms with Crippen molar-refractivity contribution >= 4 is 0 Å². The van der Waals surface area contributed by atoms with Gasteiger partial charge in [-0.2, -0.15) is 0 Å². The summed E-state index contributed by atoms with van der Waals surface area (Å²) in [6.45, 7) is 1.07. The summed E-state index contributed by atoms with van der Waals surface area (Å²) in [6.07, 6.45) is 6.33. The van der Waals surface area contributed by atoms with Crippen molar-refractivity contribution in [1.82, 2.24) is 0 Å². The van der Waals surface area contributed by atoms with Crippen molar-refractivity contribution in [3.8, 4) is 0 Å². The summed E-state index contributed by atoms with van der Waals surface area (Å²) in [4.78, 5) is 0. The van der Waals surface area contributed by atoms with Crippen LogP contribution >= 0.6 is 0 Å². The van der Waals surface area contributed by atoms with E-state index < -0.39 is 17.7 Å². The molecule has 2 N–H and O–H groups in total. The average molecular weight is 269 g/mol. The van der Waals surface area contributed by atoms with Gasteiger partial charge in [0.15, 0.2) is 11.6 Å². The Morgan fingerprint density at radius 2 is 1.89 bits per heavy atom. The molecular formula is C15H21F2NO. The van der Waals surface area contributed by atoms with Crippen molar-refractivity contribution in [3.63, 3.8) is 0 Å². The monoisotopic (exact) mass is 269 g/mol. The van der Waals surface area contributed by atoms with Crippen molar-refractivity contribution in [2.24, 2.45) is 11.7 Å². The van der Waals surface area contributed by atoms with Crippen LogP contribution in [0.3, 0.4) is 0 Å². The molecule has 1 atom stereocenters. The molecule has 0 spiro atoms. The molecule has 1 unspecified atom stereocenters. The van der Waals surface area contributed by atoms with E-state index in [0.29, 0.717) is 18.1 Å². The Kier molecular flexibility index (Phi) is 5.28. The fourth-order valence-corrected chi connectivity index (χ4v) is 2.55. The molecule has 1 aromatic rings. The minimum Gasteiger partial charge on any atom is -0.379 e. The van der Waals surface area contributed by atoms with Crippen molar-refractivity contribution in [2.45, 2.75) is 38.1 Å². The molecule has 0 aromatic heterocycles. The summed E-state index contributed by atoms with van der Waals surface area (Å²) in [7, 11) is 0. The summed E-state index contributed by atoms with van der Waals surface area (Å²) < 4.78 is 31.5. The first-order valence-corrected chi connectivity index (χ1v) is 6.95. The number of rotatable bonds is 5. The lowest BCUT2D eigenvalue weighted by atomic mass is 9.90. The van der Waals surface area contributed by atoms with Crippen molar-refractivity contribution in [1.29, 1.82) is 0 Å². The van der Waals surface area contributed by atoms with Gasteiger partial charge >= 0.3 is 0 Å². The second kappa shape index (κ2) is 6.96. The average Bonchev–Trinajstić information content (AvgIpc) is 2.43. The highest BCUT2D eigenvalue weighted by Gasteiger charge is 2.15. The highest BCUT2D eigenvalue weighted by Crippen LogP contribution is 2.24. The Morgan fingerprint density at radius 1 is 1.16 bits per heavy atom. The SMILES string of the molecule is NC(COCC1CCCCC1)c1ccc(F)c(F)c1. The van der Waals surface area contributed by atoms with Gasteiger partial charge in [-0.1, -0.05) is 25.3 Å². The molecule has 0 amide bonds. The van der Waals surface area contributed by atoms with Crippen LogP contribution in [0.2, 0.25) is 0 Å². The van der Waals surface area contributed by atoms with Crippen LogP contribution in [-0.4, -0.2) is 13.2 Å². The molecule has 2 rings (SSSR count). The van der Waals surface area contributed by atoms with Gasteiger partial charge in [-0.15, -0.1) is 0 Å². The van der Waals surface area contributed by atoms with Crippen LogP contribution in [0.1, 0.15) is 43.7 Å². The Morgan fingerprint density at radius 3 is 2.58 bits per heavy atom. The maximum atomic E-state index is 13.1. The Labute approximate surface area is 112 Å². The van der Waals surface area contributed by atoms with E-state index in [0.717, 1.165) is 18.7 Å². The van der Waals surface area contributed by atoms with E-state index in [1.54, 1.807) is 0 Å². The highest BCUT2D eigenvalue weighted by molar-refractivity contribution is 5.20. The third kappa shape index (κ3) is 4.25. The van der Waals surface area contributed by atoms with E-state index in [1.165, 1.54) is 38.2 Å². The van der Waals surface area contributed by atoms with Gasteiger partial charge in [0.2, 0.25) is 0 Å². The summed E-state index contributed by atoms with van der Waals surface area (Å²) >= 11 is 0. The number of halogens is 2. The lowest BCUT2D eigenvalue weighted by Gasteiger charge is -2.22. The number of nitrogens with two attached hydrogens (primary N) is 1. The smallest absolute Gasteiger partial charge is 0.159 e. The van der Waals surface area contributed by atoms with Crippen LogP contribution < -0.4 is 5.73 Å². The van der Waals surface area contributed by atoms with Crippen LogP contribution in [0, 0.1) is 17.6 Å². The van der Waals surface area contributed by atoms with Crippen LogP contribution in [0.15, 0.2) is 18.2 Å². The molecule has 19 heavy (non-hydrogen) atoms. The number of benzene rings is 1. The third-order valence-electron chi connectivity index (χ3n) is 3.75. The van der Waals surface area contributed by atoms with Crippen LogP contribution in [-0.2, 0) is 4.74 Å². The number of hydrogen-bond donors (Lipinski definition) is 1. The molecule has 0 radical (unpaired) electrons. The molecule has 1 aromatic carbocycles. The van der Waals surface area contributed by atoms with Crippen molar-refractivity contribution in [2.75, 3.05) is 13.2 Å². The zero-order valence-corrected chi connectivity index (χ0v) is 11.1. The maximum Gasteiger partial charge on any atom is 0.159 e. The van der Waals surface area contributed by atoms with Crippen molar-refractivity contribution in [3.05, 3.63) is 35.4 Å². The van der Waals surface area contributed by atoms with Gasteiger partial charge in [-0.3, -0.25) is 0 Å². The molecule has 1 saturated carbocycles. The molecule has 0 bridgehead atoms. The molecule has 4 heteroatoms. The first-order valence-electron chi connectivity index (χ1n) is 6.95. The predicted molar refractivity (Wildman–Crippen MR) is 70.7 cm³/mol. The lowest BCUT2D eigenvalue weighted by Crippen LogP contribution is -2.21. The number of ether oxygens (including phenoxy) is 1. The van der Waals surface area contributed by atoms with E-state index in [2.05, 4.69) is 0 Å². The predicted octanol–water partition coefficient (Wildman–Crippen LogP) is 3.56. The molecule has 0 saturated heterocycles. The van der Waals surface area contributed by atoms with E-state index >= 15 is 0 Å². The molecule has 106 valence electrons. The standard InChI is InChI=1S/C15H21F2NO/c16-13-7-6-12(8-14(13)17)15(18)10-19-9-11-4-2-1-3-5-11/h6-8,11,15H,1-5,9-10,18H2. The van der Waals surface area contributed by atoms with Gasteiger partial charge in [-0.05, 0) is 36.5 Å². The molecule has 1 fully saturated rings. The van der Waals surface area contributed by atoms with Gasteiger partial charge in [0.1, 0.15) is 0 Å². The van der Waals surface area contributed by atoms with Crippen LogP contribution in [0.4, 0.5) is 8.78 Å². The quantitative estimate of drug-likeness (QED) is 0.887. The molecule has 1 aliphatic rings. The third-order valence-corrected chi connectivity index (χ3v) is 3.75. The zero-order chi connectivity index (χ0) is 13.7. The van der Waals surface area contributed by atoms with Gasteiger partial charge in [0, 0.05) is 6.61 Å². The minimum absolute atomic E-state index is 0.349. The van der Waals surface area contributed by atoms with Gasteiger partial charge < -0.3 is 10.5 Å². The maximum absolute atomic E-state index is 13.1. The molecular weight excluding hydrogens is 248 g/mol. The molecule has 0 heterocycles. The normalized spacial score (nSPS) is 18.5. The lowest BCUT2D eigenvalue weighted by molar-refractivity contribution is 0.0758. The van der Waals surface area contributed by atoms with Gasteiger partial charge in [-0.25, -0.2) is 8.78 Å². The summed E-state index contributed by atoms with van der Waals surface area (Å²) in [5.74, 6) is -1.08. The fourth-order valence-electron chi connectivity index (χ4n) is 2.55. The first kappa shape index (κ1) is 14.4. The number of hydrogen-bond acceptors (Lipinski definition) is 2. The zero-order valence-electron chi connectivity index (χ0n) is 11.1. The Hall–Kier alpha value is -1.00. The van der Waals surface area contributed by atoms with Crippen LogP contribution in [0.5, 0.6) is 0 Å². The summed E-state index contributed by atoms with van der Waals surface area (Å²) in [5.41, 5.74) is 6.49. The second-order valence-electron chi connectivity index (χ2n) is 5.32.